The normalized spacial score (nSPS) is 28.3. The topological polar surface area (TPSA) is 115 Å². The maximum absolute atomic E-state index is 11.1. The second-order valence-electron chi connectivity index (χ2n) is 5.32. The van der Waals surface area contributed by atoms with Crippen LogP contribution in [0.25, 0.3) is 0 Å². The van der Waals surface area contributed by atoms with Crippen LogP contribution < -0.4 is 17.2 Å². The zero-order valence-corrected chi connectivity index (χ0v) is 11.0. The van der Waals surface area contributed by atoms with Gasteiger partial charge in [-0.05, 0) is 31.2 Å². The summed E-state index contributed by atoms with van der Waals surface area (Å²) in [6.45, 7) is 2.87. The average molecular weight is 256 g/mol. The molecule has 0 bridgehead atoms. The summed E-state index contributed by atoms with van der Waals surface area (Å²) in [6, 6.07) is 0.124. The lowest BCUT2D eigenvalue weighted by molar-refractivity contribution is -0.123. The van der Waals surface area contributed by atoms with E-state index in [4.69, 9.17) is 17.2 Å². The van der Waals surface area contributed by atoms with E-state index < -0.39 is 11.8 Å². The van der Waals surface area contributed by atoms with Gasteiger partial charge in [-0.1, -0.05) is 13.3 Å². The Morgan fingerprint density at radius 3 is 2.17 bits per heavy atom. The van der Waals surface area contributed by atoms with Gasteiger partial charge >= 0.3 is 0 Å². The molecule has 1 aliphatic rings. The van der Waals surface area contributed by atoms with Crippen molar-refractivity contribution in [2.24, 2.45) is 29.0 Å². The highest BCUT2D eigenvalue weighted by atomic mass is 16.2. The highest BCUT2D eigenvalue weighted by Gasteiger charge is 2.33. The van der Waals surface area contributed by atoms with E-state index in [1.165, 1.54) is 0 Å². The van der Waals surface area contributed by atoms with Gasteiger partial charge < -0.3 is 17.2 Å². The van der Waals surface area contributed by atoms with E-state index in [9.17, 15) is 9.59 Å². The van der Waals surface area contributed by atoms with Crippen LogP contribution in [0, 0.1) is 11.8 Å². The van der Waals surface area contributed by atoms with Crippen LogP contribution in [0.15, 0.2) is 0 Å². The lowest BCUT2D eigenvalue weighted by Gasteiger charge is -2.40. The van der Waals surface area contributed by atoms with Crippen LogP contribution in [-0.2, 0) is 9.59 Å². The maximum Gasteiger partial charge on any atom is 0.231 e. The zero-order chi connectivity index (χ0) is 13.7. The fourth-order valence-corrected chi connectivity index (χ4v) is 2.83. The fourth-order valence-electron chi connectivity index (χ4n) is 2.83. The summed E-state index contributed by atoms with van der Waals surface area (Å²) in [6.07, 6.45) is 3.10. The first-order valence-corrected chi connectivity index (χ1v) is 6.44. The summed E-state index contributed by atoms with van der Waals surface area (Å²) in [5.74, 6) is -0.00329. The monoisotopic (exact) mass is 256 g/mol. The minimum absolute atomic E-state index is 0.0663. The first kappa shape index (κ1) is 14.9. The van der Waals surface area contributed by atoms with E-state index in [0.717, 1.165) is 19.3 Å². The molecule has 0 aromatic rings. The highest BCUT2D eigenvalue weighted by Crippen LogP contribution is 2.31. The molecule has 104 valence electrons. The van der Waals surface area contributed by atoms with Crippen LogP contribution in [0.3, 0.4) is 0 Å². The Bertz CT molecular complexity index is 292. The standard InChI is InChI=1S/C12H24N4O2/c1-8-2-3-9(5-13)10(4-8)16(6-11(14)17)7-12(15)18/h8-10H,2-7,13H2,1H3,(H2,14,17)(H2,15,18). The molecule has 6 N–H and O–H groups in total. The minimum Gasteiger partial charge on any atom is -0.369 e. The number of rotatable bonds is 6. The molecule has 6 nitrogen and oxygen atoms in total. The summed E-state index contributed by atoms with van der Waals surface area (Å²) in [5.41, 5.74) is 16.2. The molecule has 2 amide bonds. The third-order valence-electron chi connectivity index (χ3n) is 3.71. The van der Waals surface area contributed by atoms with Gasteiger partial charge in [0.05, 0.1) is 13.1 Å². The number of primary amides is 2. The summed E-state index contributed by atoms with van der Waals surface area (Å²) < 4.78 is 0. The Morgan fingerprint density at radius 2 is 1.72 bits per heavy atom. The Morgan fingerprint density at radius 1 is 1.17 bits per heavy atom. The van der Waals surface area contributed by atoms with Gasteiger partial charge in [-0.2, -0.15) is 0 Å². The van der Waals surface area contributed by atoms with E-state index in [1.54, 1.807) is 4.90 Å². The van der Waals surface area contributed by atoms with Crippen molar-refractivity contribution in [2.45, 2.75) is 32.2 Å². The molecule has 1 fully saturated rings. The molecule has 1 saturated carbocycles. The zero-order valence-electron chi connectivity index (χ0n) is 11.0. The van der Waals surface area contributed by atoms with Crippen molar-refractivity contribution >= 4 is 11.8 Å². The first-order chi connectivity index (χ1) is 8.43. The lowest BCUT2D eigenvalue weighted by Crippen LogP contribution is -2.52. The van der Waals surface area contributed by atoms with Crippen molar-refractivity contribution in [3.63, 3.8) is 0 Å². The summed E-state index contributed by atoms with van der Waals surface area (Å²) in [5, 5.41) is 0. The molecule has 6 heteroatoms. The molecular formula is C12H24N4O2. The largest absolute Gasteiger partial charge is 0.369 e. The molecule has 1 rings (SSSR count). The summed E-state index contributed by atoms with van der Waals surface area (Å²) >= 11 is 0. The number of nitrogens with zero attached hydrogens (tertiary/aromatic N) is 1. The Kier molecular flexibility index (Phi) is 5.55. The smallest absolute Gasteiger partial charge is 0.231 e. The number of hydrogen-bond acceptors (Lipinski definition) is 4. The van der Waals surface area contributed by atoms with Crippen LogP contribution in [0.1, 0.15) is 26.2 Å². The highest BCUT2D eigenvalue weighted by molar-refractivity contribution is 5.79. The molecule has 1 aliphatic carbocycles. The molecule has 0 saturated heterocycles. The Hall–Kier alpha value is -1.14. The van der Waals surface area contributed by atoms with Gasteiger partial charge in [-0.15, -0.1) is 0 Å². The van der Waals surface area contributed by atoms with Gasteiger partial charge in [-0.3, -0.25) is 14.5 Å². The summed E-state index contributed by atoms with van der Waals surface area (Å²) in [7, 11) is 0. The minimum atomic E-state index is -0.440. The Balaban J connectivity index is 2.78. The Labute approximate surface area is 108 Å². The van der Waals surface area contributed by atoms with Crippen LogP contribution in [-0.4, -0.2) is 42.4 Å². The quantitative estimate of drug-likeness (QED) is 0.566. The van der Waals surface area contributed by atoms with Crippen LogP contribution in [0.2, 0.25) is 0 Å². The van der Waals surface area contributed by atoms with Crippen molar-refractivity contribution < 1.29 is 9.59 Å². The number of carbonyl (C=O) groups is 2. The molecule has 0 aliphatic heterocycles. The number of amides is 2. The molecule has 0 aromatic carbocycles. The van der Waals surface area contributed by atoms with Crippen LogP contribution >= 0.6 is 0 Å². The third-order valence-corrected chi connectivity index (χ3v) is 3.71. The van der Waals surface area contributed by atoms with E-state index in [2.05, 4.69) is 6.92 Å². The van der Waals surface area contributed by atoms with Crippen molar-refractivity contribution in [1.29, 1.82) is 0 Å². The van der Waals surface area contributed by atoms with Crippen molar-refractivity contribution in [2.75, 3.05) is 19.6 Å². The second-order valence-corrected chi connectivity index (χ2v) is 5.32. The molecule has 3 atom stereocenters. The molecule has 0 aromatic heterocycles. The predicted octanol–water partition coefficient (Wildman–Crippen LogP) is -0.977. The van der Waals surface area contributed by atoms with E-state index in [0.29, 0.717) is 18.4 Å². The van der Waals surface area contributed by atoms with Gasteiger partial charge in [0.2, 0.25) is 11.8 Å². The summed E-state index contributed by atoms with van der Waals surface area (Å²) in [4.78, 5) is 24.0. The second kappa shape index (κ2) is 6.70. The lowest BCUT2D eigenvalue weighted by atomic mass is 9.78. The van der Waals surface area contributed by atoms with Crippen LogP contribution in [0.5, 0.6) is 0 Å². The van der Waals surface area contributed by atoms with Gasteiger partial charge in [0.1, 0.15) is 0 Å². The van der Waals surface area contributed by atoms with Crippen LogP contribution in [0.4, 0.5) is 0 Å². The molecule has 18 heavy (non-hydrogen) atoms. The molecule has 0 heterocycles. The SMILES string of the molecule is CC1CCC(CN)C(N(CC(N)=O)CC(N)=O)C1. The maximum atomic E-state index is 11.1. The number of carbonyl (C=O) groups excluding carboxylic acids is 2. The number of nitrogens with two attached hydrogens (primary N) is 3. The van der Waals surface area contributed by atoms with E-state index in [-0.39, 0.29) is 19.1 Å². The van der Waals surface area contributed by atoms with Crippen molar-refractivity contribution in [1.82, 2.24) is 4.90 Å². The van der Waals surface area contributed by atoms with Gasteiger partial charge in [-0.25, -0.2) is 0 Å². The first-order valence-electron chi connectivity index (χ1n) is 6.44. The fraction of sp³-hybridized carbons (Fsp3) is 0.833. The van der Waals surface area contributed by atoms with Crippen molar-refractivity contribution in [3.8, 4) is 0 Å². The molecular weight excluding hydrogens is 232 g/mol. The predicted molar refractivity (Wildman–Crippen MR) is 69.3 cm³/mol. The van der Waals surface area contributed by atoms with E-state index >= 15 is 0 Å². The average Bonchev–Trinajstić information content (AvgIpc) is 2.26. The van der Waals surface area contributed by atoms with Gasteiger partial charge in [0, 0.05) is 6.04 Å². The third kappa shape index (κ3) is 4.27. The molecule has 0 radical (unpaired) electrons. The molecule has 0 spiro atoms. The van der Waals surface area contributed by atoms with E-state index in [1.807, 2.05) is 0 Å². The van der Waals surface area contributed by atoms with Crippen molar-refractivity contribution in [3.05, 3.63) is 0 Å². The molecule has 3 unspecified atom stereocenters. The number of hydrogen-bond donors (Lipinski definition) is 3. The van der Waals surface area contributed by atoms with Gasteiger partial charge in [0.15, 0.2) is 0 Å². The van der Waals surface area contributed by atoms with Gasteiger partial charge in [0.25, 0.3) is 0 Å².